The summed E-state index contributed by atoms with van der Waals surface area (Å²) in [7, 11) is 1.83. The van der Waals surface area contributed by atoms with Gasteiger partial charge in [0, 0.05) is 12.1 Å². The van der Waals surface area contributed by atoms with Gasteiger partial charge in [-0.05, 0) is 20.9 Å². The van der Waals surface area contributed by atoms with Gasteiger partial charge in [-0.25, -0.2) is 4.98 Å². The van der Waals surface area contributed by atoms with Crippen LogP contribution >= 0.6 is 24.8 Å². The van der Waals surface area contributed by atoms with Crippen molar-refractivity contribution in [3.63, 3.8) is 0 Å². The van der Waals surface area contributed by atoms with Gasteiger partial charge in [-0.3, -0.25) is 9.69 Å². The highest BCUT2D eigenvalue weighted by atomic mass is 35.5. The molecule has 2 N–H and O–H groups in total. The topological polar surface area (TPSA) is 69.2 Å². The molecule has 17 heavy (non-hydrogen) atoms. The lowest BCUT2D eigenvalue weighted by atomic mass is 9.87. The van der Waals surface area contributed by atoms with Gasteiger partial charge >= 0.3 is 5.97 Å². The summed E-state index contributed by atoms with van der Waals surface area (Å²) in [6.45, 7) is 3.98. The van der Waals surface area contributed by atoms with E-state index in [9.17, 15) is 4.79 Å². The Kier molecular flexibility index (Phi) is 5.01. The van der Waals surface area contributed by atoms with Crippen LogP contribution in [0.3, 0.4) is 0 Å². The van der Waals surface area contributed by atoms with Gasteiger partial charge in [-0.2, -0.15) is 0 Å². The molecule has 2 heterocycles. The maximum absolute atomic E-state index is 11.1. The summed E-state index contributed by atoms with van der Waals surface area (Å²) < 4.78 is 0. The first-order chi connectivity index (χ1) is 6.94. The van der Waals surface area contributed by atoms with Crippen molar-refractivity contribution in [3.8, 4) is 0 Å². The van der Waals surface area contributed by atoms with Gasteiger partial charge in [-0.15, -0.1) is 24.8 Å². The van der Waals surface area contributed by atoms with Crippen LogP contribution in [0.15, 0.2) is 6.33 Å². The molecule has 0 aliphatic carbocycles. The average molecular weight is 282 g/mol. The van der Waals surface area contributed by atoms with Gasteiger partial charge < -0.3 is 10.1 Å². The Hall–Kier alpha value is -0.780. The molecule has 0 saturated carbocycles. The number of hydrogen-bond acceptors (Lipinski definition) is 3. The maximum Gasteiger partial charge on any atom is 0.321 e. The van der Waals surface area contributed by atoms with Crippen LogP contribution in [0.25, 0.3) is 0 Å². The SMILES string of the molecule is CN1[C@H](C(=O)O)Cc2[nH]cnc2C1(C)C.Cl.Cl. The predicted octanol–water partition coefficient (Wildman–Crippen LogP) is 1.43. The zero-order valence-electron chi connectivity index (χ0n) is 9.93. The van der Waals surface area contributed by atoms with Crippen molar-refractivity contribution in [2.75, 3.05) is 7.05 Å². The number of nitrogens with zero attached hydrogens (tertiary/aromatic N) is 2. The third kappa shape index (κ3) is 2.41. The number of halogens is 2. The molecule has 5 nitrogen and oxygen atoms in total. The van der Waals surface area contributed by atoms with Gasteiger partial charge in [0.2, 0.25) is 0 Å². The number of aliphatic carboxylic acids is 1. The van der Waals surface area contributed by atoms with Crippen LogP contribution in [-0.4, -0.2) is 39.0 Å². The second-order valence-electron chi connectivity index (χ2n) is 4.46. The van der Waals surface area contributed by atoms with Gasteiger partial charge in [0.1, 0.15) is 6.04 Å². The minimum absolute atomic E-state index is 0. The van der Waals surface area contributed by atoms with Gasteiger partial charge in [0.05, 0.1) is 17.6 Å². The molecule has 1 aliphatic rings. The van der Waals surface area contributed by atoms with E-state index in [-0.39, 0.29) is 30.4 Å². The number of imidazole rings is 1. The molecule has 1 aromatic rings. The number of aromatic nitrogens is 2. The smallest absolute Gasteiger partial charge is 0.321 e. The number of carboxylic acid groups (broad SMARTS) is 1. The third-order valence-corrected chi connectivity index (χ3v) is 3.33. The predicted molar refractivity (Wildman–Crippen MR) is 69.0 cm³/mol. The van der Waals surface area contributed by atoms with Crippen LogP contribution in [0, 0.1) is 0 Å². The van der Waals surface area contributed by atoms with Crippen molar-refractivity contribution < 1.29 is 9.90 Å². The molecular formula is C10H17Cl2N3O2. The number of H-pyrrole nitrogens is 1. The summed E-state index contributed by atoms with van der Waals surface area (Å²) in [6, 6.07) is -0.479. The normalized spacial score (nSPS) is 21.9. The monoisotopic (exact) mass is 281 g/mol. The Balaban J connectivity index is 0.00000128. The lowest BCUT2D eigenvalue weighted by molar-refractivity contribution is -0.145. The summed E-state index contributed by atoms with van der Waals surface area (Å²) in [6.07, 6.45) is 2.12. The van der Waals surface area contributed by atoms with E-state index in [0.717, 1.165) is 11.4 Å². The fraction of sp³-hybridized carbons (Fsp3) is 0.600. The highest BCUT2D eigenvalue weighted by Crippen LogP contribution is 2.34. The molecule has 0 spiro atoms. The molecule has 0 radical (unpaired) electrons. The summed E-state index contributed by atoms with van der Waals surface area (Å²) >= 11 is 0. The molecule has 98 valence electrons. The quantitative estimate of drug-likeness (QED) is 0.817. The molecule has 0 bridgehead atoms. The highest BCUT2D eigenvalue weighted by Gasteiger charge is 2.42. The largest absolute Gasteiger partial charge is 0.480 e. The number of carbonyl (C=O) groups is 1. The average Bonchev–Trinajstić information content (AvgIpc) is 2.59. The third-order valence-electron chi connectivity index (χ3n) is 3.33. The number of likely N-dealkylation sites (N-methyl/N-ethyl adjacent to an activating group) is 1. The lowest BCUT2D eigenvalue weighted by Gasteiger charge is -2.42. The van der Waals surface area contributed by atoms with Crippen LogP contribution in [0.4, 0.5) is 0 Å². The van der Waals surface area contributed by atoms with E-state index in [1.165, 1.54) is 0 Å². The number of fused-ring (bicyclic) bond motifs is 1. The zero-order valence-corrected chi connectivity index (χ0v) is 11.6. The fourth-order valence-electron chi connectivity index (χ4n) is 2.14. The van der Waals surface area contributed by atoms with E-state index < -0.39 is 12.0 Å². The number of carboxylic acids is 1. The Labute approximate surface area is 112 Å². The van der Waals surface area contributed by atoms with Crippen molar-refractivity contribution in [1.29, 1.82) is 0 Å². The number of hydrogen-bond donors (Lipinski definition) is 2. The molecule has 2 rings (SSSR count). The van der Waals surface area contributed by atoms with Gasteiger partial charge in [0.15, 0.2) is 0 Å². The van der Waals surface area contributed by atoms with E-state index in [0.29, 0.717) is 6.42 Å². The fourth-order valence-corrected chi connectivity index (χ4v) is 2.14. The summed E-state index contributed by atoms with van der Waals surface area (Å²) in [4.78, 5) is 20.2. The van der Waals surface area contributed by atoms with Crippen LogP contribution in [0.1, 0.15) is 25.2 Å². The second-order valence-corrected chi connectivity index (χ2v) is 4.46. The maximum atomic E-state index is 11.1. The number of aromatic amines is 1. The van der Waals surface area contributed by atoms with E-state index in [1.807, 2.05) is 25.8 Å². The molecule has 1 aromatic heterocycles. The first-order valence-electron chi connectivity index (χ1n) is 4.93. The minimum atomic E-state index is -0.786. The summed E-state index contributed by atoms with van der Waals surface area (Å²) in [5, 5.41) is 9.13. The van der Waals surface area contributed by atoms with Crippen LogP contribution < -0.4 is 0 Å². The van der Waals surface area contributed by atoms with E-state index in [4.69, 9.17) is 5.11 Å². The molecule has 0 amide bonds. The zero-order chi connectivity index (χ0) is 11.2. The van der Waals surface area contributed by atoms with E-state index in [2.05, 4.69) is 9.97 Å². The minimum Gasteiger partial charge on any atom is -0.480 e. The number of rotatable bonds is 1. The standard InChI is InChI=1S/C10H15N3O2.2ClH/c1-10(2)8-6(11-5-12-8)4-7(9(14)15)13(10)3;;/h5,7H,4H2,1-3H3,(H,11,12)(H,14,15);2*1H/t7-;;/m0../s1. The summed E-state index contributed by atoms with van der Waals surface area (Å²) in [5.41, 5.74) is 1.55. The first kappa shape index (κ1) is 16.2. The molecule has 1 aliphatic heterocycles. The molecule has 0 aromatic carbocycles. The van der Waals surface area contributed by atoms with E-state index >= 15 is 0 Å². The van der Waals surface area contributed by atoms with E-state index in [1.54, 1.807) is 6.33 Å². The van der Waals surface area contributed by atoms with Crippen LogP contribution in [0.2, 0.25) is 0 Å². The molecule has 1 atom stereocenters. The first-order valence-corrected chi connectivity index (χ1v) is 4.93. The van der Waals surface area contributed by atoms with Gasteiger partial charge in [-0.1, -0.05) is 0 Å². The molecular weight excluding hydrogens is 265 g/mol. The molecule has 0 saturated heterocycles. The molecule has 0 fully saturated rings. The van der Waals surface area contributed by atoms with Crippen LogP contribution in [-0.2, 0) is 16.8 Å². The van der Waals surface area contributed by atoms with Crippen molar-refractivity contribution >= 4 is 30.8 Å². The Morgan fingerprint density at radius 3 is 2.71 bits per heavy atom. The Morgan fingerprint density at radius 2 is 2.18 bits per heavy atom. The lowest BCUT2D eigenvalue weighted by Crippen LogP contribution is -2.53. The van der Waals surface area contributed by atoms with Crippen molar-refractivity contribution in [2.45, 2.75) is 31.8 Å². The van der Waals surface area contributed by atoms with Crippen molar-refractivity contribution in [1.82, 2.24) is 14.9 Å². The van der Waals surface area contributed by atoms with Crippen molar-refractivity contribution in [3.05, 3.63) is 17.7 Å². The Bertz CT molecular complexity index is 406. The Morgan fingerprint density at radius 1 is 1.59 bits per heavy atom. The molecule has 0 unspecified atom stereocenters. The number of nitrogens with one attached hydrogen (secondary N) is 1. The summed E-state index contributed by atoms with van der Waals surface area (Å²) in [5.74, 6) is -0.786. The highest BCUT2D eigenvalue weighted by molar-refractivity contribution is 5.85. The van der Waals surface area contributed by atoms with Crippen LogP contribution in [0.5, 0.6) is 0 Å². The molecule has 7 heteroatoms. The van der Waals surface area contributed by atoms with Gasteiger partial charge in [0.25, 0.3) is 0 Å². The van der Waals surface area contributed by atoms with Crippen molar-refractivity contribution in [2.24, 2.45) is 0 Å². The second kappa shape index (κ2) is 5.25.